The lowest BCUT2D eigenvalue weighted by molar-refractivity contribution is 0.102. The average Bonchev–Trinajstić information content (AvgIpc) is 2.82. The first kappa shape index (κ1) is 12.2. The average molecular weight is 245 g/mol. The maximum absolute atomic E-state index is 11.8. The van der Waals surface area contributed by atoms with E-state index in [4.69, 9.17) is 4.74 Å². The molecule has 1 amide bonds. The highest BCUT2D eigenvalue weighted by molar-refractivity contribution is 6.03. The number of carbonyl (C=O) groups is 1. The molecule has 2 N–H and O–H groups in total. The molecule has 0 aliphatic carbocycles. The number of nitrogens with zero attached hydrogens (tertiary/aromatic N) is 1. The Kier molecular flexibility index (Phi) is 3.62. The summed E-state index contributed by atoms with van der Waals surface area (Å²) in [5.74, 6) is 1.14. The van der Waals surface area contributed by atoms with Gasteiger partial charge in [-0.25, -0.2) is 0 Å². The van der Waals surface area contributed by atoms with Gasteiger partial charge in [-0.2, -0.15) is 5.10 Å². The zero-order chi connectivity index (χ0) is 13.0. The molecule has 0 unspecified atom stereocenters. The SMILES string of the molecule is CC(C)Oc1ccc(C(=O)Nc2ccn[nH]2)cc1. The number of aromatic nitrogens is 2. The molecular weight excluding hydrogens is 230 g/mol. The summed E-state index contributed by atoms with van der Waals surface area (Å²) in [4.78, 5) is 11.8. The number of anilines is 1. The van der Waals surface area contributed by atoms with Crippen molar-refractivity contribution in [3.05, 3.63) is 42.1 Å². The minimum absolute atomic E-state index is 0.120. The smallest absolute Gasteiger partial charge is 0.256 e. The second kappa shape index (κ2) is 5.35. The third-order valence-electron chi connectivity index (χ3n) is 2.24. The molecule has 0 aliphatic rings. The minimum atomic E-state index is -0.185. The summed E-state index contributed by atoms with van der Waals surface area (Å²) in [7, 11) is 0. The van der Waals surface area contributed by atoms with Crippen LogP contribution < -0.4 is 10.1 Å². The molecule has 5 heteroatoms. The molecule has 0 spiro atoms. The summed E-state index contributed by atoms with van der Waals surface area (Å²) in [5, 5.41) is 9.13. The minimum Gasteiger partial charge on any atom is -0.491 e. The quantitative estimate of drug-likeness (QED) is 0.869. The highest BCUT2D eigenvalue weighted by Gasteiger charge is 2.07. The Morgan fingerprint density at radius 2 is 2.00 bits per heavy atom. The molecule has 94 valence electrons. The number of nitrogens with one attached hydrogen (secondary N) is 2. The largest absolute Gasteiger partial charge is 0.491 e. The summed E-state index contributed by atoms with van der Waals surface area (Å²) < 4.78 is 5.51. The lowest BCUT2D eigenvalue weighted by Crippen LogP contribution is -2.12. The third kappa shape index (κ3) is 3.10. The van der Waals surface area contributed by atoms with Crippen molar-refractivity contribution in [1.29, 1.82) is 0 Å². The van der Waals surface area contributed by atoms with Gasteiger partial charge in [-0.05, 0) is 38.1 Å². The van der Waals surface area contributed by atoms with Gasteiger partial charge in [0.15, 0.2) is 0 Å². The number of aromatic amines is 1. The fraction of sp³-hybridized carbons (Fsp3) is 0.231. The van der Waals surface area contributed by atoms with Gasteiger partial charge in [-0.15, -0.1) is 0 Å². The lowest BCUT2D eigenvalue weighted by Gasteiger charge is -2.09. The summed E-state index contributed by atoms with van der Waals surface area (Å²) in [6.07, 6.45) is 1.70. The Morgan fingerprint density at radius 3 is 2.56 bits per heavy atom. The van der Waals surface area contributed by atoms with Crippen LogP contribution >= 0.6 is 0 Å². The van der Waals surface area contributed by atoms with Gasteiger partial charge in [-0.1, -0.05) is 0 Å². The number of H-pyrrole nitrogens is 1. The molecule has 0 saturated heterocycles. The molecule has 0 aliphatic heterocycles. The van der Waals surface area contributed by atoms with Gasteiger partial charge in [-0.3, -0.25) is 9.89 Å². The molecule has 0 atom stereocenters. The van der Waals surface area contributed by atoms with E-state index in [-0.39, 0.29) is 12.0 Å². The number of rotatable bonds is 4. The van der Waals surface area contributed by atoms with E-state index < -0.39 is 0 Å². The Balaban J connectivity index is 2.03. The fourth-order valence-corrected chi connectivity index (χ4v) is 1.48. The van der Waals surface area contributed by atoms with Crippen molar-refractivity contribution < 1.29 is 9.53 Å². The molecule has 2 aromatic rings. The van der Waals surface area contributed by atoms with E-state index in [0.29, 0.717) is 11.4 Å². The van der Waals surface area contributed by atoms with Crippen LogP contribution in [0.25, 0.3) is 0 Å². The zero-order valence-electron chi connectivity index (χ0n) is 10.3. The maximum Gasteiger partial charge on any atom is 0.256 e. The van der Waals surface area contributed by atoms with Gasteiger partial charge in [0.2, 0.25) is 0 Å². The van der Waals surface area contributed by atoms with E-state index in [0.717, 1.165) is 5.75 Å². The first-order chi connectivity index (χ1) is 8.65. The first-order valence-corrected chi connectivity index (χ1v) is 5.72. The Morgan fingerprint density at radius 1 is 1.28 bits per heavy atom. The number of hydrogen-bond acceptors (Lipinski definition) is 3. The topological polar surface area (TPSA) is 67.0 Å². The zero-order valence-corrected chi connectivity index (χ0v) is 10.3. The molecule has 0 bridgehead atoms. The second-order valence-corrected chi connectivity index (χ2v) is 4.12. The predicted molar refractivity (Wildman–Crippen MR) is 68.7 cm³/mol. The van der Waals surface area contributed by atoms with E-state index in [9.17, 15) is 4.79 Å². The number of benzene rings is 1. The van der Waals surface area contributed by atoms with Crippen LogP contribution in [0.5, 0.6) is 5.75 Å². The van der Waals surface area contributed by atoms with Gasteiger partial charge in [0.1, 0.15) is 11.6 Å². The van der Waals surface area contributed by atoms with Crippen LogP contribution in [-0.4, -0.2) is 22.2 Å². The highest BCUT2D eigenvalue weighted by Crippen LogP contribution is 2.14. The van der Waals surface area contributed by atoms with Crippen molar-refractivity contribution >= 4 is 11.7 Å². The van der Waals surface area contributed by atoms with Crippen LogP contribution in [0.2, 0.25) is 0 Å². The molecule has 5 nitrogen and oxygen atoms in total. The third-order valence-corrected chi connectivity index (χ3v) is 2.24. The number of carbonyl (C=O) groups excluding carboxylic acids is 1. The fourth-order valence-electron chi connectivity index (χ4n) is 1.48. The van der Waals surface area contributed by atoms with Crippen molar-refractivity contribution in [3.8, 4) is 5.75 Å². The Hall–Kier alpha value is -2.30. The van der Waals surface area contributed by atoms with E-state index in [2.05, 4.69) is 15.5 Å². The normalized spacial score (nSPS) is 10.4. The Labute approximate surface area is 105 Å². The van der Waals surface area contributed by atoms with Crippen LogP contribution in [0.15, 0.2) is 36.5 Å². The molecule has 1 heterocycles. The first-order valence-electron chi connectivity index (χ1n) is 5.72. The molecular formula is C13H15N3O2. The Bertz CT molecular complexity index is 504. The number of hydrogen-bond donors (Lipinski definition) is 2. The van der Waals surface area contributed by atoms with Crippen molar-refractivity contribution in [2.45, 2.75) is 20.0 Å². The van der Waals surface area contributed by atoms with Crippen LogP contribution in [0, 0.1) is 0 Å². The van der Waals surface area contributed by atoms with Crippen molar-refractivity contribution in [2.24, 2.45) is 0 Å². The van der Waals surface area contributed by atoms with Gasteiger partial charge in [0.05, 0.1) is 12.3 Å². The predicted octanol–water partition coefficient (Wildman–Crippen LogP) is 2.45. The summed E-state index contributed by atoms with van der Waals surface area (Å²) >= 11 is 0. The molecule has 1 aromatic carbocycles. The summed E-state index contributed by atoms with van der Waals surface area (Å²) in [5.41, 5.74) is 0.570. The van der Waals surface area contributed by atoms with E-state index in [1.807, 2.05) is 13.8 Å². The molecule has 0 radical (unpaired) electrons. The standard InChI is InChI=1S/C13H15N3O2/c1-9(2)18-11-5-3-10(4-6-11)13(17)15-12-7-8-14-16-12/h3-9H,1-2H3,(H2,14,15,16,17). The number of amides is 1. The van der Waals surface area contributed by atoms with Crippen LogP contribution in [0.1, 0.15) is 24.2 Å². The van der Waals surface area contributed by atoms with Crippen molar-refractivity contribution in [1.82, 2.24) is 10.2 Å². The molecule has 1 aromatic heterocycles. The van der Waals surface area contributed by atoms with Gasteiger partial charge < -0.3 is 10.1 Å². The lowest BCUT2D eigenvalue weighted by atomic mass is 10.2. The van der Waals surface area contributed by atoms with E-state index >= 15 is 0 Å². The molecule has 0 saturated carbocycles. The van der Waals surface area contributed by atoms with Gasteiger partial charge in [0, 0.05) is 11.6 Å². The highest BCUT2D eigenvalue weighted by atomic mass is 16.5. The van der Waals surface area contributed by atoms with Crippen molar-refractivity contribution in [2.75, 3.05) is 5.32 Å². The second-order valence-electron chi connectivity index (χ2n) is 4.12. The van der Waals surface area contributed by atoms with Crippen LogP contribution in [0.3, 0.4) is 0 Å². The summed E-state index contributed by atoms with van der Waals surface area (Å²) in [6, 6.07) is 8.70. The van der Waals surface area contributed by atoms with E-state index in [1.54, 1.807) is 36.5 Å². The monoisotopic (exact) mass is 245 g/mol. The van der Waals surface area contributed by atoms with E-state index in [1.165, 1.54) is 0 Å². The molecule has 18 heavy (non-hydrogen) atoms. The number of ether oxygens (including phenoxy) is 1. The van der Waals surface area contributed by atoms with Crippen LogP contribution in [0.4, 0.5) is 5.82 Å². The van der Waals surface area contributed by atoms with Crippen molar-refractivity contribution in [3.63, 3.8) is 0 Å². The van der Waals surface area contributed by atoms with Crippen LogP contribution in [-0.2, 0) is 0 Å². The summed E-state index contributed by atoms with van der Waals surface area (Å²) in [6.45, 7) is 3.91. The molecule has 2 rings (SSSR count). The maximum atomic E-state index is 11.8. The molecule has 0 fully saturated rings. The van der Waals surface area contributed by atoms with Gasteiger partial charge >= 0.3 is 0 Å². The van der Waals surface area contributed by atoms with Gasteiger partial charge in [0.25, 0.3) is 5.91 Å².